The average Bonchev–Trinajstić information content (AvgIpc) is 3.07. The van der Waals surface area contributed by atoms with E-state index in [2.05, 4.69) is 15.8 Å². The molecule has 1 aromatic heterocycles. The van der Waals surface area contributed by atoms with E-state index in [9.17, 15) is 18.4 Å². The first-order chi connectivity index (χ1) is 12.5. The number of ether oxygens (including phenoxy) is 1. The van der Waals surface area contributed by atoms with Gasteiger partial charge in [-0.1, -0.05) is 18.2 Å². The first kappa shape index (κ1) is 17.4. The second-order valence-corrected chi connectivity index (χ2v) is 5.52. The largest absolute Gasteiger partial charge is 0.478 e. The van der Waals surface area contributed by atoms with Crippen LogP contribution in [0.25, 0.3) is 10.9 Å². The van der Waals surface area contributed by atoms with Crippen LogP contribution < -0.4 is 15.6 Å². The fourth-order valence-corrected chi connectivity index (χ4v) is 2.31. The van der Waals surface area contributed by atoms with Gasteiger partial charge in [-0.3, -0.25) is 20.4 Å². The zero-order valence-electron chi connectivity index (χ0n) is 13.7. The molecule has 1 unspecified atom stereocenters. The Hall–Kier alpha value is -3.42. The Morgan fingerprint density at radius 1 is 1.04 bits per heavy atom. The molecule has 0 aliphatic rings. The number of fused-ring (bicyclic) bond motifs is 1. The number of carbonyl (C=O) groups is 2. The Labute approximate surface area is 147 Å². The van der Waals surface area contributed by atoms with Crippen molar-refractivity contribution >= 4 is 22.7 Å². The smallest absolute Gasteiger partial charge is 0.286 e. The van der Waals surface area contributed by atoms with Crippen molar-refractivity contribution in [3.05, 3.63) is 65.9 Å². The Balaban J connectivity index is 1.60. The summed E-state index contributed by atoms with van der Waals surface area (Å²) in [6.45, 7) is 1.41. The lowest BCUT2D eigenvalue weighted by molar-refractivity contribution is -0.128. The molecule has 134 valence electrons. The van der Waals surface area contributed by atoms with Crippen molar-refractivity contribution in [2.45, 2.75) is 13.0 Å². The number of aromatic nitrogens is 1. The van der Waals surface area contributed by atoms with E-state index in [4.69, 9.17) is 4.74 Å². The predicted octanol–water partition coefficient (Wildman–Crippen LogP) is 2.67. The minimum Gasteiger partial charge on any atom is -0.478 e. The summed E-state index contributed by atoms with van der Waals surface area (Å²) in [6, 6.07) is 11.4. The summed E-state index contributed by atoms with van der Waals surface area (Å²) in [5.74, 6) is -2.48. The van der Waals surface area contributed by atoms with Crippen molar-refractivity contribution in [2.24, 2.45) is 0 Å². The molecule has 0 fully saturated rings. The SMILES string of the molecule is CC(Oc1ccccc1F)C(=O)NNC(=O)c1cc2c(F)cccc2[nH]1. The van der Waals surface area contributed by atoms with Gasteiger partial charge in [0.25, 0.3) is 11.8 Å². The Kier molecular flexibility index (Phi) is 4.83. The van der Waals surface area contributed by atoms with Crippen molar-refractivity contribution in [1.29, 1.82) is 0 Å². The lowest BCUT2D eigenvalue weighted by Gasteiger charge is -2.15. The number of hydrogen-bond acceptors (Lipinski definition) is 3. The van der Waals surface area contributed by atoms with E-state index in [1.807, 2.05) is 0 Å². The van der Waals surface area contributed by atoms with Gasteiger partial charge >= 0.3 is 0 Å². The fourth-order valence-electron chi connectivity index (χ4n) is 2.31. The van der Waals surface area contributed by atoms with E-state index >= 15 is 0 Å². The van der Waals surface area contributed by atoms with Crippen LogP contribution in [-0.4, -0.2) is 22.9 Å². The number of halogens is 2. The van der Waals surface area contributed by atoms with Gasteiger partial charge in [-0.25, -0.2) is 8.78 Å². The van der Waals surface area contributed by atoms with Crippen LogP contribution in [-0.2, 0) is 4.79 Å². The highest BCUT2D eigenvalue weighted by atomic mass is 19.1. The van der Waals surface area contributed by atoms with E-state index in [1.165, 1.54) is 43.3 Å². The highest BCUT2D eigenvalue weighted by Gasteiger charge is 2.18. The molecule has 0 saturated carbocycles. The molecule has 1 atom stereocenters. The maximum absolute atomic E-state index is 13.7. The van der Waals surface area contributed by atoms with E-state index in [0.29, 0.717) is 5.52 Å². The summed E-state index contributed by atoms with van der Waals surface area (Å²) in [5, 5.41) is 0.264. The highest BCUT2D eigenvalue weighted by molar-refractivity contribution is 5.99. The van der Waals surface area contributed by atoms with Gasteiger partial charge < -0.3 is 9.72 Å². The van der Waals surface area contributed by atoms with Crippen LogP contribution in [0.15, 0.2) is 48.5 Å². The minimum absolute atomic E-state index is 0.0763. The number of H-pyrrole nitrogens is 1. The Bertz CT molecular complexity index is 971. The van der Waals surface area contributed by atoms with Gasteiger partial charge in [0.1, 0.15) is 11.5 Å². The number of carbonyl (C=O) groups excluding carboxylic acids is 2. The van der Waals surface area contributed by atoms with Crippen molar-refractivity contribution in [2.75, 3.05) is 0 Å². The van der Waals surface area contributed by atoms with Crippen LogP contribution >= 0.6 is 0 Å². The van der Waals surface area contributed by atoms with E-state index in [0.717, 1.165) is 0 Å². The van der Waals surface area contributed by atoms with Crippen molar-refractivity contribution < 1.29 is 23.1 Å². The second kappa shape index (κ2) is 7.22. The number of hydrogen-bond donors (Lipinski definition) is 3. The van der Waals surface area contributed by atoms with Crippen LogP contribution in [0.4, 0.5) is 8.78 Å². The molecule has 0 aliphatic heterocycles. The molecule has 26 heavy (non-hydrogen) atoms. The number of amides is 2. The van der Waals surface area contributed by atoms with E-state index in [1.54, 1.807) is 12.1 Å². The average molecular weight is 359 g/mol. The third-order valence-corrected chi connectivity index (χ3v) is 3.66. The first-order valence-electron chi connectivity index (χ1n) is 7.74. The molecular formula is C18H15F2N3O3. The topological polar surface area (TPSA) is 83.2 Å². The number of nitrogens with one attached hydrogen (secondary N) is 3. The van der Waals surface area contributed by atoms with E-state index < -0.39 is 29.6 Å². The van der Waals surface area contributed by atoms with Crippen LogP contribution in [0.1, 0.15) is 17.4 Å². The van der Waals surface area contributed by atoms with Gasteiger partial charge in [-0.2, -0.15) is 0 Å². The lowest BCUT2D eigenvalue weighted by atomic mass is 10.2. The molecule has 0 saturated heterocycles. The Morgan fingerprint density at radius 3 is 2.50 bits per heavy atom. The van der Waals surface area contributed by atoms with Gasteiger partial charge in [0.2, 0.25) is 0 Å². The number of benzene rings is 2. The summed E-state index contributed by atoms with van der Waals surface area (Å²) in [7, 11) is 0. The molecule has 2 amide bonds. The number of rotatable bonds is 4. The van der Waals surface area contributed by atoms with Crippen molar-refractivity contribution in [3.63, 3.8) is 0 Å². The van der Waals surface area contributed by atoms with Crippen LogP contribution in [0.5, 0.6) is 5.75 Å². The van der Waals surface area contributed by atoms with Gasteiger partial charge in [-0.05, 0) is 37.3 Å². The third-order valence-electron chi connectivity index (χ3n) is 3.66. The predicted molar refractivity (Wildman–Crippen MR) is 90.4 cm³/mol. The molecule has 3 N–H and O–H groups in total. The van der Waals surface area contributed by atoms with Crippen molar-refractivity contribution in [1.82, 2.24) is 15.8 Å². The summed E-state index contributed by atoms with van der Waals surface area (Å²) in [6.07, 6.45) is -1.05. The van der Waals surface area contributed by atoms with Crippen molar-refractivity contribution in [3.8, 4) is 5.75 Å². The summed E-state index contributed by atoms with van der Waals surface area (Å²) in [5.41, 5.74) is 4.91. The summed E-state index contributed by atoms with van der Waals surface area (Å²) in [4.78, 5) is 26.8. The minimum atomic E-state index is -1.05. The Morgan fingerprint density at radius 2 is 1.77 bits per heavy atom. The van der Waals surface area contributed by atoms with Gasteiger partial charge in [0.15, 0.2) is 17.7 Å². The number of hydrazine groups is 1. The van der Waals surface area contributed by atoms with E-state index in [-0.39, 0.29) is 16.8 Å². The standard InChI is InChI=1S/C18H15F2N3O3/c1-10(26-16-8-3-2-5-13(16)20)17(24)22-23-18(25)15-9-11-12(19)6-4-7-14(11)21-15/h2-10,21H,1H3,(H,22,24)(H,23,25). The molecular weight excluding hydrogens is 344 g/mol. The molecule has 3 aromatic rings. The normalized spacial score (nSPS) is 11.8. The van der Waals surface area contributed by atoms with Gasteiger partial charge in [0, 0.05) is 10.9 Å². The maximum Gasteiger partial charge on any atom is 0.286 e. The summed E-state index contributed by atoms with van der Waals surface area (Å²) < 4.78 is 32.4. The number of para-hydroxylation sites is 1. The van der Waals surface area contributed by atoms with Gasteiger partial charge in [-0.15, -0.1) is 0 Å². The summed E-state index contributed by atoms with van der Waals surface area (Å²) >= 11 is 0. The fraction of sp³-hybridized carbons (Fsp3) is 0.111. The lowest BCUT2D eigenvalue weighted by Crippen LogP contribution is -2.47. The van der Waals surface area contributed by atoms with Crippen LogP contribution in [0.3, 0.4) is 0 Å². The molecule has 0 aliphatic carbocycles. The number of aromatic amines is 1. The molecule has 0 spiro atoms. The zero-order valence-corrected chi connectivity index (χ0v) is 13.7. The molecule has 1 heterocycles. The monoisotopic (exact) mass is 359 g/mol. The first-order valence-corrected chi connectivity index (χ1v) is 7.74. The second-order valence-electron chi connectivity index (χ2n) is 5.52. The van der Waals surface area contributed by atoms with Crippen LogP contribution in [0.2, 0.25) is 0 Å². The van der Waals surface area contributed by atoms with Crippen LogP contribution in [0, 0.1) is 11.6 Å². The molecule has 0 radical (unpaired) electrons. The quantitative estimate of drug-likeness (QED) is 0.627. The van der Waals surface area contributed by atoms with Gasteiger partial charge in [0.05, 0.1) is 0 Å². The molecule has 8 heteroatoms. The highest BCUT2D eigenvalue weighted by Crippen LogP contribution is 2.19. The molecule has 0 bridgehead atoms. The molecule has 3 rings (SSSR count). The molecule has 6 nitrogen and oxygen atoms in total. The zero-order chi connectivity index (χ0) is 18.7. The third kappa shape index (κ3) is 3.64. The maximum atomic E-state index is 13.7. The molecule has 2 aromatic carbocycles.